The number of phenolic OH excluding ortho intramolecular Hbond substituents is 1. The predicted molar refractivity (Wildman–Crippen MR) is 87.0 cm³/mol. The van der Waals surface area contributed by atoms with Gasteiger partial charge in [-0.1, -0.05) is 23.1 Å². The van der Waals surface area contributed by atoms with Crippen molar-refractivity contribution in [2.75, 3.05) is 11.1 Å². The lowest BCUT2D eigenvalue weighted by molar-refractivity contribution is -0.133. The van der Waals surface area contributed by atoms with E-state index in [0.29, 0.717) is 4.34 Å². The number of amides is 1. The van der Waals surface area contributed by atoms with Crippen molar-refractivity contribution in [1.29, 1.82) is 0 Å². The average molecular weight is 437 g/mol. The molecule has 0 aliphatic rings. The molecule has 110 valence electrons. The van der Waals surface area contributed by atoms with E-state index in [1.165, 1.54) is 6.07 Å². The molecule has 0 aliphatic heterocycles. The number of aromatic hydroxyl groups is 1. The van der Waals surface area contributed by atoms with Crippen molar-refractivity contribution in [3.63, 3.8) is 0 Å². The maximum absolute atomic E-state index is 12.0. The Hall–Kier alpha value is -1.40. The molecule has 3 N–H and O–H groups in total. The largest absolute Gasteiger partial charge is 0.507 e. The standard InChI is InChI=1S/C11H8IN3O4S2/c12-5-1-2-7(16)6(3-5)9(19)13-10-14-15-11(21-10)20-4-8(17)18/h1-3,16H,4H2,(H,17,18)(H,13,14,19). The van der Waals surface area contributed by atoms with Gasteiger partial charge in [0.15, 0.2) is 4.34 Å². The van der Waals surface area contributed by atoms with Crippen LogP contribution in [0.25, 0.3) is 0 Å². The first kappa shape index (κ1) is 16.0. The fourth-order valence-electron chi connectivity index (χ4n) is 1.30. The second kappa shape index (κ2) is 7.04. The van der Waals surface area contributed by atoms with Crippen molar-refractivity contribution in [1.82, 2.24) is 10.2 Å². The van der Waals surface area contributed by atoms with E-state index >= 15 is 0 Å². The molecule has 21 heavy (non-hydrogen) atoms. The van der Waals surface area contributed by atoms with Gasteiger partial charge >= 0.3 is 5.97 Å². The maximum atomic E-state index is 12.0. The minimum atomic E-state index is -0.954. The monoisotopic (exact) mass is 437 g/mol. The quantitative estimate of drug-likeness (QED) is 0.374. The summed E-state index contributed by atoms with van der Waals surface area (Å²) in [6.07, 6.45) is 0. The number of thioether (sulfide) groups is 1. The highest BCUT2D eigenvalue weighted by atomic mass is 127. The summed E-state index contributed by atoms with van der Waals surface area (Å²) >= 11 is 4.12. The van der Waals surface area contributed by atoms with Crippen LogP contribution in [-0.4, -0.2) is 38.0 Å². The van der Waals surface area contributed by atoms with Gasteiger partial charge in [0.2, 0.25) is 5.13 Å². The van der Waals surface area contributed by atoms with Gasteiger partial charge in [-0.2, -0.15) is 0 Å². The number of carboxylic acids is 1. The van der Waals surface area contributed by atoms with Gasteiger partial charge in [-0.15, -0.1) is 10.2 Å². The first-order valence-corrected chi connectivity index (χ1v) is 8.32. The normalized spacial score (nSPS) is 10.3. The van der Waals surface area contributed by atoms with Crippen LogP contribution in [0.2, 0.25) is 0 Å². The summed E-state index contributed by atoms with van der Waals surface area (Å²) in [5.74, 6) is -1.71. The molecule has 2 aromatic rings. The number of phenols is 1. The first-order chi connectivity index (χ1) is 9.95. The minimum absolute atomic E-state index is 0.125. The molecule has 0 saturated heterocycles. The minimum Gasteiger partial charge on any atom is -0.507 e. The summed E-state index contributed by atoms with van der Waals surface area (Å²) < 4.78 is 1.25. The van der Waals surface area contributed by atoms with E-state index in [2.05, 4.69) is 15.5 Å². The van der Waals surface area contributed by atoms with Gasteiger partial charge in [0.25, 0.3) is 5.91 Å². The van der Waals surface area contributed by atoms with Crippen LogP contribution < -0.4 is 5.32 Å². The van der Waals surface area contributed by atoms with Crippen molar-refractivity contribution < 1.29 is 19.8 Å². The zero-order valence-electron chi connectivity index (χ0n) is 10.2. The third-order valence-electron chi connectivity index (χ3n) is 2.15. The number of aromatic nitrogens is 2. The first-order valence-electron chi connectivity index (χ1n) is 5.43. The van der Waals surface area contributed by atoms with E-state index in [0.717, 1.165) is 26.7 Å². The molecule has 1 aromatic carbocycles. The summed E-state index contributed by atoms with van der Waals surface area (Å²) in [5.41, 5.74) is 0.136. The summed E-state index contributed by atoms with van der Waals surface area (Å²) in [7, 11) is 0. The number of carbonyl (C=O) groups is 2. The van der Waals surface area contributed by atoms with Gasteiger partial charge < -0.3 is 10.2 Å². The molecule has 0 aliphatic carbocycles. The van der Waals surface area contributed by atoms with Crippen LogP contribution in [0.15, 0.2) is 22.5 Å². The number of hydrogen-bond donors (Lipinski definition) is 3. The number of nitrogens with one attached hydrogen (secondary N) is 1. The predicted octanol–water partition coefficient (Wildman–Crippen LogP) is 2.28. The van der Waals surface area contributed by atoms with E-state index < -0.39 is 11.9 Å². The van der Waals surface area contributed by atoms with Crippen molar-refractivity contribution >= 4 is 62.7 Å². The zero-order valence-corrected chi connectivity index (χ0v) is 14.0. The van der Waals surface area contributed by atoms with Gasteiger partial charge in [-0.05, 0) is 40.8 Å². The molecule has 0 unspecified atom stereocenters. The Labute approximate surface area is 140 Å². The van der Waals surface area contributed by atoms with Crippen molar-refractivity contribution in [3.05, 3.63) is 27.3 Å². The molecule has 0 bridgehead atoms. The Morgan fingerprint density at radius 3 is 2.86 bits per heavy atom. The molecule has 1 amide bonds. The van der Waals surface area contributed by atoms with E-state index in [1.807, 2.05) is 22.6 Å². The number of carbonyl (C=O) groups excluding carboxylic acids is 1. The fourth-order valence-corrected chi connectivity index (χ4v) is 3.26. The molecule has 10 heteroatoms. The molecule has 0 radical (unpaired) electrons. The highest BCUT2D eigenvalue weighted by molar-refractivity contribution is 14.1. The second-order valence-corrected chi connectivity index (χ2v) is 7.12. The van der Waals surface area contributed by atoms with Crippen molar-refractivity contribution in [2.45, 2.75) is 4.34 Å². The molecular weight excluding hydrogens is 429 g/mol. The number of anilines is 1. The molecule has 7 nitrogen and oxygen atoms in total. The number of hydrogen-bond acceptors (Lipinski definition) is 7. The second-order valence-electron chi connectivity index (χ2n) is 3.67. The highest BCUT2D eigenvalue weighted by Crippen LogP contribution is 2.26. The lowest BCUT2D eigenvalue weighted by atomic mass is 10.2. The molecular formula is C11H8IN3O4S2. The molecule has 0 atom stereocenters. The van der Waals surface area contributed by atoms with Gasteiger partial charge in [-0.25, -0.2) is 0 Å². The summed E-state index contributed by atoms with van der Waals surface area (Å²) in [4.78, 5) is 22.5. The van der Waals surface area contributed by atoms with Crippen LogP contribution in [0.5, 0.6) is 5.75 Å². The van der Waals surface area contributed by atoms with Crippen LogP contribution >= 0.6 is 45.7 Å². The van der Waals surface area contributed by atoms with E-state index in [-0.39, 0.29) is 22.2 Å². The SMILES string of the molecule is O=C(O)CSc1nnc(NC(=O)c2cc(I)ccc2O)s1. The van der Waals surface area contributed by atoms with Gasteiger partial charge in [-0.3, -0.25) is 14.9 Å². The van der Waals surface area contributed by atoms with Crippen LogP contribution in [0, 0.1) is 3.57 Å². The van der Waals surface area contributed by atoms with Crippen LogP contribution in [-0.2, 0) is 4.79 Å². The van der Waals surface area contributed by atoms with E-state index in [4.69, 9.17) is 5.11 Å². The molecule has 0 fully saturated rings. The van der Waals surface area contributed by atoms with Crippen LogP contribution in [0.1, 0.15) is 10.4 Å². The third-order valence-corrected chi connectivity index (χ3v) is 4.78. The molecule has 2 rings (SSSR count). The van der Waals surface area contributed by atoms with Crippen LogP contribution in [0.3, 0.4) is 0 Å². The number of nitrogens with zero attached hydrogens (tertiary/aromatic N) is 2. The van der Waals surface area contributed by atoms with Gasteiger partial charge in [0.05, 0.1) is 11.3 Å². The lowest BCUT2D eigenvalue weighted by Gasteiger charge is -2.04. The molecule has 1 heterocycles. The number of aliphatic carboxylic acids is 1. The number of rotatable bonds is 5. The summed E-state index contributed by atoms with van der Waals surface area (Å²) in [6, 6.07) is 4.66. The molecule has 0 saturated carbocycles. The van der Waals surface area contributed by atoms with Gasteiger partial charge in [0, 0.05) is 3.57 Å². The number of benzene rings is 1. The molecule has 0 spiro atoms. The zero-order chi connectivity index (χ0) is 15.4. The number of halogens is 1. The topological polar surface area (TPSA) is 112 Å². The summed E-state index contributed by atoms with van der Waals surface area (Å²) in [6.45, 7) is 0. The highest BCUT2D eigenvalue weighted by Gasteiger charge is 2.14. The Morgan fingerprint density at radius 2 is 2.14 bits per heavy atom. The van der Waals surface area contributed by atoms with Crippen molar-refractivity contribution in [3.8, 4) is 5.75 Å². The Balaban J connectivity index is 2.06. The Kier molecular flexibility index (Phi) is 5.36. The van der Waals surface area contributed by atoms with Crippen LogP contribution in [0.4, 0.5) is 5.13 Å². The fraction of sp³-hybridized carbons (Fsp3) is 0.0909. The lowest BCUT2D eigenvalue weighted by Crippen LogP contribution is -2.12. The third kappa shape index (κ3) is 4.54. The maximum Gasteiger partial charge on any atom is 0.313 e. The molecule has 1 aromatic heterocycles. The number of carboxylic acid groups (broad SMARTS) is 1. The van der Waals surface area contributed by atoms with E-state index in [1.54, 1.807) is 12.1 Å². The van der Waals surface area contributed by atoms with Crippen molar-refractivity contribution in [2.24, 2.45) is 0 Å². The van der Waals surface area contributed by atoms with Gasteiger partial charge in [0.1, 0.15) is 5.75 Å². The Bertz CT molecular complexity index is 692. The van der Waals surface area contributed by atoms with E-state index in [9.17, 15) is 14.7 Å². The average Bonchev–Trinajstić information content (AvgIpc) is 2.86. The summed E-state index contributed by atoms with van der Waals surface area (Å²) in [5, 5.41) is 28.5. The Morgan fingerprint density at radius 1 is 1.38 bits per heavy atom. The smallest absolute Gasteiger partial charge is 0.313 e.